The highest BCUT2D eigenvalue weighted by atomic mass is 16.2. The van der Waals surface area contributed by atoms with Gasteiger partial charge in [-0.25, -0.2) is 10.2 Å². The van der Waals surface area contributed by atoms with Gasteiger partial charge in [-0.05, 0) is 43.9 Å². The monoisotopic (exact) mass is 181 g/mol. The number of rotatable bonds is 1. The number of hydrazone groups is 1. The number of carbonyl (C=O) groups is 1. The first kappa shape index (κ1) is 8.53. The van der Waals surface area contributed by atoms with Crippen LogP contribution in [0.15, 0.2) is 5.10 Å². The van der Waals surface area contributed by atoms with Gasteiger partial charge in [0.15, 0.2) is 0 Å². The maximum atomic E-state index is 10.5. The molecule has 0 spiro atoms. The summed E-state index contributed by atoms with van der Waals surface area (Å²) < 4.78 is 0. The second-order valence-corrected chi connectivity index (χ2v) is 3.99. The Hall–Kier alpha value is -1.06. The molecular weight excluding hydrogens is 166 g/mol. The van der Waals surface area contributed by atoms with Crippen LogP contribution in [0.1, 0.15) is 32.1 Å². The van der Waals surface area contributed by atoms with Crippen molar-refractivity contribution < 1.29 is 4.79 Å². The average molecular weight is 181 g/mol. The van der Waals surface area contributed by atoms with Crippen LogP contribution < -0.4 is 11.2 Å². The molecule has 2 fully saturated rings. The number of primary amides is 1. The number of carbonyl (C=O) groups excluding carboxylic acids is 1. The molecule has 0 unspecified atom stereocenters. The summed E-state index contributed by atoms with van der Waals surface area (Å²) in [5.74, 6) is 1.53. The fraction of sp³-hybridized carbons (Fsp3) is 0.778. The van der Waals surface area contributed by atoms with E-state index in [1.54, 1.807) is 0 Å². The standard InChI is InChI=1S/C9H15N3O/c10-9(13)12-11-8-4-2-6-1-3-7(8)5-6/h6-7H,1-5H2,(H3,10,12,13)/b11-8+/t6-,7-/m1/s1. The van der Waals surface area contributed by atoms with E-state index in [2.05, 4.69) is 10.5 Å². The SMILES string of the molecule is NC(=O)N/N=C1\CC[C@H]2CC[C@@H]1C2. The van der Waals surface area contributed by atoms with Crippen LogP contribution in [-0.4, -0.2) is 11.7 Å². The van der Waals surface area contributed by atoms with Gasteiger partial charge in [-0.1, -0.05) is 0 Å². The van der Waals surface area contributed by atoms with Crippen molar-refractivity contribution in [1.29, 1.82) is 0 Å². The number of nitrogens with one attached hydrogen (secondary N) is 1. The van der Waals surface area contributed by atoms with E-state index in [9.17, 15) is 4.79 Å². The summed E-state index contributed by atoms with van der Waals surface area (Å²) >= 11 is 0. The fourth-order valence-electron chi connectivity index (χ4n) is 2.47. The van der Waals surface area contributed by atoms with Crippen molar-refractivity contribution in [2.24, 2.45) is 22.7 Å². The quantitative estimate of drug-likeness (QED) is 0.587. The normalized spacial score (nSPS) is 34.9. The molecule has 72 valence electrons. The fourth-order valence-corrected chi connectivity index (χ4v) is 2.47. The van der Waals surface area contributed by atoms with Crippen LogP contribution in [0.4, 0.5) is 4.79 Å². The maximum Gasteiger partial charge on any atom is 0.332 e. The molecule has 2 saturated carbocycles. The Bertz CT molecular complexity index is 249. The number of fused-ring (bicyclic) bond motifs is 2. The predicted molar refractivity (Wildman–Crippen MR) is 50.2 cm³/mol. The topological polar surface area (TPSA) is 67.5 Å². The Morgan fingerprint density at radius 2 is 2.31 bits per heavy atom. The molecule has 0 radical (unpaired) electrons. The zero-order valence-corrected chi connectivity index (χ0v) is 7.62. The summed E-state index contributed by atoms with van der Waals surface area (Å²) in [5.41, 5.74) is 8.42. The first-order valence-corrected chi connectivity index (χ1v) is 4.87. The van der Waals surface area contributed by atoms with E-state index in [0.717, 1.165) is 18.1 Å². The van der Waals surface area contributed by atoms with E-state index < -0.39 is 6.03 Å². The van der Waals surface area contributed by atoms with Gasteiger partial charge in [0.25, 0.3) is 0 Å². The number of urea groups is 1. The molecule has 0 aliphatic heterocycles. The van der Waals surface area contributed by atoms with E-state index in [4.69, 9.17) is 5.73 Å². The molecule has 4 heteroatoms. The highest BCUT2D eigenvalue weighted by Crippen LogP contribution is 2.40. The first-order valence-electron chi connectivity index (χ1n) is 4.87. The lowest BCUT2D eigenvalue weighted by Crippen LogP contribution is -2.28. The molecule has 2 atom stereocenters. The molecule has 0 saturated heterocycles. The van der Waals surface area contributed by atoms with Crippen molar-refractivity contribution in [3.8, 4) is 0 Å². The minimum Gasteiger partial charge on any atom is -0.350 e. The smallest absolute Gasteiger partial charge is 0.332 e. The minimum absolute atomic E-state index is 0.562. The van der Waals surface area contributed by atoms with Crippen molar-refractivity contribution >= 4 is 11.7 Å². The van der Waals surface area contributed by atoms with Gasteiger partial charge in [-0.2, -0.15) is 5.10 Å². The van der Waals surface area contributed by atoms with Gasteiger partial charge in [0.05, 0.1) is 0 Å². The Morgan fingerprint density at radius 1 is 1.46 bits per heavy atom. The minimum atomic E-state index is -0.562. The molecule has 2 aliphatic carbocycles. The van der Waals surface area contributed by atoms with Crippen LogP contribution in [0, 0.1) is 11.8 Å². The number of hydrogen-bond acceptors (Lipinski definition) is 2. The van der Waals surface area contributed by atoms with Gasteiger partial charge in [0.1, 0.15) is 0 Å². The van der Waals surface area contributed by atoms with Crippen LogP contribution in [0.25, 0.3) is 0 Å². The van der Waals surface area contributed by atoms with Gasteiger partial charge < -0.3 is 5.73 Å². The van der Waals surface area contributed by atoms with Gasteiger partial charge >= 0.3 is 6.03 Å². The zero-order chi connectivity index (χ0) is 9.26. The predicted octanol–water partition coefficient (Wildman–Crippen LogP) is 1.22. The van der Waals surface area contributed by atoms with E-state index in [1.807, 2.05) is 0 Å². The molecule has 0 aromatic heterocycles. The Morgan fingerprint density at radius 3 is 3.08 bits per heavy atom. The summed E-state index contributed by atoms with van der Waals surface area (Å²) in [4.78, 5) is 10.5. The summed E-state index contributed by atoms with van der Waals surface area (Å²) in [6.07, 6.45) is 6.11. The van der Waals surface area contributed by atoms with Crippen LogP contribution in [-0.2, 0) is 0 Å². The van der Waals surface area contributed by atoms with E-state index in [0.29, 0.717) is 5.92 Å². The van der Waals surface area contributed by atoms with Crippen LogP contribution in [0.3, 0.4) is 0 Å². The second kappa shape index (κ2) is 3.36. The van der Waals surface area contributed by atoms with Crippen molar-refractivity contribution in [1.82, 2.24) is 5.43 Å². The summed E-state index contributed by atoms with van der Waals surface area (Å²) in [6, 6.07) is -0.562. The summed E-state index contributed by atoms with van der Waals surface area (Å²) in [7, 11) is 0. The lowest BCUT2D eigenvalue weighted by atomic mass is 9.88. The Balaban J connectivity index is 1.99. The van der Waals surface area contributed by atoms with Crippen LogP contribution >= 0.6 is 0 Å². The molecule has 2 amide bonds. The van der Waals surface area contributed by atoms with Crippen LogP contribution in [0.5, 0.6) is 0 Å². The van der Waals surface area contributed by atoms with E-state index >= 15 is 0 Å². The van der Waals surface area contributed by atoms with E-state index in [-0.39, 0.29) is 0 Å². The van der Waals surface area contributed by atoms with Crippen LogP contribution in [0.2, 0.25) is 0 Å². The molecular formula is C9H15N3O. The third-order valence-electron chi connectivity index (χ3n) is 3.13. The molecule has 2 rings (SSSR count). The average Bonchev–Trinajstić information content (AvgIpc) is 2.47. The molecule has 0 aromatic carbocycles. The molecule has 2 aliphatic rings. The first-order chi connectivity index (χ1) is 6.25. The van der Waals surface area contributed by atoms with E-state index in [1.165, 1.54) is 25.7 Å². The highest BCUT2D eigenvalue weighted by Gasteiger charge is 2.32. The lowest BCUT2D eigenvalue weighted by Gasteiger charge is -2.20. The third kappa shape index (κ3) is 1.82. The molecule has 13 heavy (non-hydrogen) atoms. The van der Waals surface area contributed by atoms with Crippen molar-refractivity contribution in [2.45, 2.75) is 32.1 Å². The molecule has 0 heterocycles. The van der Waals surface area contributed by atoms with Crippen molar-refractivity contribution in [2.75, 3.05) is 0 Å². The zero-order valence-electron chi connectivity index (χ0n) is 7.62. The summed E-state index contributed by atoms with van der Waals surface area (Å²) in [5, 5.41) is 4.05. The molecule has 3 N–H and O–H groups in total. The number of nitrogens with two attached hydrogens (primary N) is 1. The number of hydrogen-bond donors (Lipinski definition) is 2. The Labute approximate surface area is 77.6 Å². The largest absolute Gasteiger partial charge is 0.350 e. The second-order valence-electron chi connectivity index (χ2n) is 3.99. The maximum absolute atomic E-state index is 10.5. The van der Waals surface area contributed by atoms with Crippen molar-refractivity contribution in [3.63, 3.8) is 0 Å². The molecule has 0 aromatic rings. The molecule has 2 bridgehead atoms. The molecule has 4 nitrogen and oxygen atoms in total. The Kier molecular flexibility index (Phi) is 2.20. The van der Waals surface area contributed by atoms with Crippen molar-refractivity contribution in [3.05, 3.63) is 0 Å². The van der Waals surface area contributed by atoms with Gasteiger partial charge in [-0.3, -0.25) is 0 Å². The third-order valence-corrected chi connectivity index (χ3v) is 3.13. The number of amides is 2. The lowest BCUT2D eigenvalue weighted by molar-refractivity contribution is 0.249. The summed E-state index contributed by atoms with van der Waals surface area (Å²) in [6.45, 7) is 0. The highest BCUT2D eigenvalue weighted by molar-refractivity contribution is 5.88. The van der Waals surface area contributed by atoms with Gasteiger partial charge in [-0.15, -0.1) is 0 Å². The van der Waals surface area contributed by atoms with Gasteiger partial charge in [0, 0.05) is 5.71 Å². The number of nitrogens with zero attached hydrogens (tertiary/aromatic N) is 1. The van der Waals surface area contributed by atoms with Gasteiger partial charge in [0.2, 0.25) is 0 Å².